The maximum absolute atomic E-state index is 3.48. The minimum Gasteiger partial charge on any atom is -0.317 e. The maximum Gasteiger partial charge on any atom is 0.0163 e. The van der Waals surface area contributed by atoms with E-state index in [1.807, 2.05) is 0 Å². The van der Waals surface area contributed by atoms with Crippen molar-refractivity contribution in [3.63, 3.8) is 0 Å². The van der Waals surface area contributed by atoms with Gasteiger partial charge in [0.15, 0.2) is 0 Å². The maximum atomic E-state index is 3.48. The number of unbranched alkanes of at least 4 members (excludes halogenated alkanes) is 1. The van der Waals surface area contributed by atoms with Crippen LogP contribution >= 0.6 is 24.8 Å². The van der Waals surface area contributed by atoms with Gasteiger partial charge in [-0.2, -0.15) is 0 Å². The van der Waals surface area contributed by atoms with Gasteiger partial charge in [0, 0.05) is 13.1 Å². The number of nitrogens with one attached hydrogen (secondary N) is 1. The van der Waals surface area contributed by atoms with Crippen LogP contribution < -0.4 is 5.32 Å². The Morgan fingerprint density at radius 3 is 2.50 bits per heavy atom. The predicted octanol–water partition coefficient (Wildman–Crippen LogP) is 3.26. The molecule has 0 aromatic heterocycles. The number of allylic oxidation sites excluding steroid dienone is 1. The van der Waals surface area contributed by atoms with Crippen LogP contribution in [0.2, 0.25) is 0 Å². The number of halogens is 2. The summed E-state index contributed by atoms with van der Waals surface area (Å²) in [7, 11) is 0. The van der Waals surface area contributed by atoms with Crippen molar-refractivity contribution in [2.45, 2.75) is 39.0 Å². The molecule has 2 aliphatic rings. The third-order valence-electron chi connectivity index (χ3n) is 4.17. The lowest BCUT2D eigenvalue weighted by atomic mass is 9.78. The van der Waals surface area contributed by atoms with E-state index in [-0.39, 0.29) is 24.8 Å². The van der Waals surface area contributed by atoms with Gasteiger partial charge in [0.05, 0.1) is 0 Å². The Labute approximate surface area is 124 Å². The summed E-state index contributed by atoms with van der Waals surface area (Å²) in [5.41, 5.74) is 0.670. The summed E-state index contributed by atoms with van der Waals surface area (Å²) < 4.78 is 0. The van der Waals surface area contributed by atoms with Crippen molar-refractivity contribution in [3.05, 3.63) is 12.2 Å². The molecule has 2 rings (SSSR count). The molecule has 0 bridgehead atoms. The first-order chi connectivity index (χ1) is 7.85. The highest BCUT2D eigenvalue weighted by Crippen LogP contribution is 2.38. The molecule has 0 saturated carbocycles. The van der Waals surface area contributed by atoms with E-state index in [0.717, 1.165) is 0 Å². The fourth-order valence-corrected chi connectivity index (χ4v) is 3.06. The Bertz CT molecular complexity index is 238. The molecule has 1 spiro atoms. The zero-order valence-corrected chi connectivity index (χ0v) is 13.1. The lowest BCUT2D eigenvalue weighted by molar-refractivity contribution is 0.202. The molecule has 0 radical (unpaired) electrons. The molecule has 1 N–H and O–H groups in total. The van der Waals surface area contributed by atoms with E-state index in [2.05, 4.69) is 29.3 Å². The smallest absolute Gasteiger partial charge is 0.0163 e. The highest BCUT2D eigenvalue weighted by Gasteiger charge is 2.38. The number of nitrogens with zero attached hydrogens (tertiary/aromatic N) is 1. The van der Waals surface area contributed by atoms with Gasteiger partial charge in [-0.25, -0.2) is 0 Å². The van der Waals surface area contributed by atoms with Crippen LogP contribution in [0.1, 0.15) is 39.0 Å². The van der Waals surface area contributed by atoms with Crippen LogP contribution in [0, 0.1) is 5.41 Å². The van der Waals surface area contributed by atoms with E-state index in [4.69, 9.17) is 0 Å². The molecule has 2 nitrogen and oxygen atoms in total. The van der Waals surface area contributed by atoms with Crippen molar-refractivity contribution in [1.29, 1.82) is 0 Å². The van der Waals surface area contributed by atoms with E-state index in [1.165, 1.54) is 64.8 Å². The average molecular weight is 295 g/mol. The second-order valence-electron chi connectivity index (χ2n) is 5.50. The van der Waals surface area contributed by atoms with Crippen LogP contribution in [-0.2, 0) is 0 Å². The van der Waals surface area contributed by atoms with E-state index in [9.17, 15) is 0 Å². The van der Waals surface area contributed by atoms with Crippen molar-refractivity contribution < 1.29 is 0 Å². The van der Waals surface area contributed by atoms with Crippen LogP contribution in [-0.4, -0.2) is 37.6 Å². The Morgan fingerprint density at radius 2 is 1.83 bits per heavy atom. The Hall–Kier alpha value is 0.240. The summed E-state index contributed by atoms with van der Waals surface area (Å²) in [6.07, 6.45) is 11.4. The molecular formula is C14H28Cl2N2. The molecule has 2 heterocycles. The summed E-state index contributed by atoms with van der Waals surface area (Å²) in [5, 5.41) is 3.48. The molecule has 0 aromatic carbocycles. The monoisotopic (exact) mass is 294 g/mol. The van der Waals surface area contributed by atoms with Crippen LogP contribution in [0.25, 0.3) is 0 Å². The van der Waals surface area contributed by atoms with Gasteiger partial charge < -0.3 is 5.32 Å². The first-order valence-electron chi connectivity index (χ1n) is 6.93. The van der Waals surface area contributed by atoms with Gasteiger partial charge >= 0.3 is 0 Å². The molecule has 18 heavy (non-hydrogen) atoms. The van der Waals surface area contributed by atoms with E-state index >= 15 is 0 Å². The second-order valence-corrected chi connectivity index (χ2v) is 5.50. The summed E-state index contributed by atoms with van der Waals surface area (Å²) in [6, 6.07) is 0. The van der Waals surface area contributed by atoms with E-state index < -0.39 is 0 Å². The third kappa shape index (κ3) is 5.08. The zero-order valence-electron chi connectivity index (χ0n) is 11.5. The Balaban J connectivity index is 0.00000144. The van der Waals surface area contributed by atoms with Gasteiger partial charge in [-0.3, -0.25) is 4.90 Å². The van der Waals surface area contributed by atoms with Crippen molar-refractivity contribution >= 4 is 24.8 Å². The molecule has 0 amide bonds. The minimum absolute atomic E-state index is 0. The predicted molar refractivity (Wildman–Crippen MR) is 84.1 cm³/mol. The SMILES string of the molecule is CCCC=CCN1CCC2(CCNCC2)C1.Cl.Cl. The Morgan fingerprint density at radius 1 is 1.11 bits per heavy atom. The first kappa shape index (κ1) is 18.2. The summed E-state index contributed by atoms with van der Waals surface area (Å²) in [4.78, 5) is 2.64. The second kappa shape index (κ2) is 9.19. The average Bonchev–Trinajstić information content (AvgIpc) is 2.69. The summed E-state index contributed by atoms with van der Waals surface area (Å²) >= 11 is 0. The summed E-state index contributed by atoms with van der Waals surface area (Å²) in [6.45, 7) is 8.54. The molecule has 0 aromatic rings. The topological polar surface area (TPSA) is 15.3 Å². The number of rotatable bonds is 4. The van der Waals surface area contributed by atoms with Crippen LogP contribution in [0.3, 0.4) is 0 Å². The van der Waals surface area contributed by atoms with Gasteiger partial charge in [-0.05, 0) is 50.7 Å². The molecule has 0 unspecified atom stereocenters. The lowest BCUT2D eigenvalue weighted by Gasteiger charge is -2.33. The molecule has 108 valence electrons. The van der Waals surface area contributed by atoms with Gasteiger partial charge in [0.1, 0.15) is 0 Å². The fraction of sp³-hybridized carbons (Fsp3) is 0.857. The highest BCUT2D eigenvalue weighted by molar-refractivity contribution is 5.85. The highest BCUT2D eigenvalue weighted by atomic mass is 35.5. The largest absolute Gasteiger partial charge is 0.317 e. The van der Waals surface area contributed by atoms with Gasteiger partial charge in [-0.1, -0.05) is 25.5 Å². The molecule has 4 heteroatoms. The third-order valence-corrected chi connectivity index (χ3v) is 4.17. The van der Waals surface area contributed by atoms with Crippen molar-refractivity contribution in [1.82, 2.24) is 10.2 Å². The van der Waals surface area contributed by atoms with E-state index in [0.29, 0.717) is 5.41 Å². The zero-order chi connectivity index (χ0) is 11.3. The number of hydrogen-bond acceptors (Lipinski definition) is 2. The van der Waals surface area contributed by atoms with Crippen molar-refractivity contribution in [2.75, 3.05) is 32.7 Å². The Kier molecular flexibility index (Phi) is 9.32. The molecule has 0 atom stereocenters. The lowest BCUT2D eigenvalue weighted by Crippen LogP contribution is -2.38. The van der Waals surface area contributed by atoms with Gasteiger partial charge in [0.25, 0.3) is 0 Å². The van der Waals surface area contributed by atoms with Gasteiger partial charge in [-0.15, -0.1) is 24.8 Å². The van der Waals surface area contributed by atoms with Crippen LogP contribution in [0.4, 0.5) is 0 Å². The van der Waals surface area contributed by atoms with Crippen LogP contribution in [0.15, 0.2) is 12.2 Å². The van der Waals surface area contributed by atoms with Crippen molar-refractivity contribution in [3.8, 4) is 0 Å². The number of piperidine rings is 1. The van der Waals surface area contributed by atoms with Gasteiger partial charge in [0.2, 0.25) is 0 Å². The molecule has 2 saturated heterocycles. The molecule has 0 aliphatic carbocycles. The molecular weight excluding hydrogens is 267 g/mol. The minimum atomic E-state index is 0. The fourth-order valence-electron chi connectivity index (χ4n) is 3.06. The summed E-state index contributed by atoms with van der Waals surface area (Å²) in [5.74, 6) is 0. The normalized spacial score (nSPS) is 22.9. The van der Waals surface area contributed by atoms with Crippen molar-refractivity contribution in [2.24, 2.45) is 5.41 Å². The number of likely N-dealkylation sites (tertiary alicyclic amines) is 1. The first-order valence-corrected chi connectivity index (χ1v) is 6.93. The molecule has 2 aliphatic heterocycles. The molecule has 2 fully saturated rings. The standard InChI is InChI=1S/C14H26N2.2ClH/c1-2-3-4-5-11-16-12-8-14(13-16)6-9-15-10-7-14;;/h4-5,15H,2-3,6-13H2,1H3;2*1H. The van der Waals surface area contributed by atoms with E-state index in [1.54, 1.807) is 0 Å². The quantitative estimate of drug-likeness (QED) is 0.801. The van der Waals surface area contributed by atoms with Crippen LogP contribution in [0.5, 0.6) is 0 Å². The number of hydrogen-bond donors (Lipinski definition) is 1.